The topological polar surface area (TPSA) is 40.3 Å². The molecule has 7 heteroatoms. The van der Waals surface area contributed by atoms with Crippen LogP contribution in [0, 0.1) is 0 Å². The summed E-state index contributed by atoms with van der Waals surface area (Å²) in [4.78, 5) is 5.97. The summed E-state index contributed by atoms with van der Waals surface area (Å²) in [5.74, 6) is 0. The normalized spacial score (nSPS) is 12.6. The largest absolute Gasteiger partial charge is 0.369 e. The Morgan fingerprint density at radius 1 is 1.26 bits per heavy atom. The van der Waals surface area contributed by atoms with E-state index < -0.39 is 0 Å². The van der Waals surface area contributed by atoms with Gasteiger partial charge in [-0.25, -0.2) is 4.99 Å². The molecular weight excluding hydrogens is 303 g/mol. The van der Waals surface area contributed by atoms with Gasteiger partial charge < -0.3 is 4.90 Å². The van der Waals surface area contributed by atoms with E-state index in [0.717, 1.165) is 0 Å². The van der Waals surface area contributed by atoms with Crippen LogP contribution >= 0.6 is 35.0 Å². The Bertz CT molecular complexity index is 492. The third-order valence-corrected chi connectivity index (χ3v) is 3.12. The summed E-state index contributed by atoms with van der Waals surface area (Å²) in [6.07, 6.45) is 5.06. The number of rotatable bonds is 3. The maximum absolute atomic E-state index is 6.02. The van der Waals surface area contributed by atoms with Gasteiger partial charge in [-0.1, -0.05) is 41.0 Å². The second-order valence-electron chi connectivity index (χ2n) is 3.67. The molecule has 0 atom stereocenters. The molecule has 0 aliphatic heterocycles. The molecule has 1 aromatic carbocycles. The second-order valence-corrected chi connectivity index (χ2v) is 5.26. The third kappa shape index (κ3) is 5.63. The van der Waals surface area contributed by atoms with E-state index >= 15 is 0 Å². The van der Waals surface area contributed by atoms with Crippen LogP contribution in [0.25, 0.3) is 0 Å². The van der Waals surface area contributed by atoms with E-state index in [4.69, 9.17) is 23.2 Å². The van der Waals surface area contributed by atoms with Gasteiger partial charge in [0.2, 0.25) is 5.17 Å². The molecule has 19 heavy (non-hydrogen) atoms. The Kier molecular flexibility index (Phi) is 6.91. The van der Waals surface area contributed by atoms with E-state index in [2.05, 4.69) is 15.2 Å². The van der Waals surface area contributed by atoms with Crippen LogP contribution in [0.2, 0.25) is 10.0 Å². The average Bonchev–Trinajstić information content (AvgIpc) is 2.36. The molecule has 0 N–H and O–H groups in total. The molecule has 0 bridgehead atoms. The van der Waals surface area contributed by atoms with Crippen molar-refractivity contribution in [1.82, 2.24) is 4.90 Å². The minimum Gasteiger partial charge on any atom is -0.369 e. The zero-order chi connectivity index (χ0) is 14.3. The summed E-state index contributed by atoms with van der Waals surface area (Å²) in [7, 11) is 3.77. The molecule has 0 amide bonds. The van der Waals surface area contributed by atoms with Gasteiger partial charge in [0.15, 0.2) is 0 Å². The standard InChI is InChI=1S/C12H14Cl2N4S/c1-18(2)8-15-12(19-3)17-16-7-9-10(13)5-4-6-11(9)14/h4-8H,1-3H3/b15-8?,16-7-,17-12-. The molecule has 0 aromatic heterocycles. The Morgan fingerprint density at radius 2 is 1.89 bits per heavy atom. The lowest BCUT2D eigenvalue weighted by Crippen LogP contribution is -2.08. The van der Waals surface area contributed by atoms with Gasteiger partial charge in [-0.15, -0.1) is 5.10 Å². The van der Waals surface area contributed by atoms with Crippen LogP contribution in [0.3, 0.4) is 0 Å². The molecule has 1 rings (SSSR count). The van der Waals surface area contributed by atoms with Gasteiger partial charge in [0.1, 0.15) is 0 Å². The fourth-order valence-electron chi connectivity index (χ4n) is 1.05. The highest BCUT2D eigenvalue weighted by atomic mass is 35.5. The smallest absolute Gasteiger partial charge is 0.210 e. The van der Waals surface area contributed by atoms with Crippen molar-refractivity contribution in [1.29, 1.82) is 0 Å². The molecule has 0 fully saturated rings. The number of hydrogen-bond acceptors (Lipinski definition) is 3. The zero-order valence-corrected chi connectivity index (χ0v) is 13.2. The van der Waals surface area contributed by atoms with Gasteiger partial charge in [0.05, 0.1) is 22.6 Å². The van der Waals surface area contributed by atoms with Crippen LogP contribution in [-0.4, -0.2) is 43.0 Å². The maximum Gasteiger partial charge on any atom is 0.210 e. The minimum atomic E-state index is 0.536. The predicted octanol–water partition coefficient (Wildman–Crippen LogP) is 3.64. The number of nitrogens with zero attached hydrogens (tertiary/aromatic N) is 4. The average molecular weight is 317 g/mol. The summed E-state index contributed by atoms with van der Waals surface area (Å²) in [6.45, 7) is 0. The lowest BCUT2D eigenvalue weighted by molar-refractivity contribution is 0.644. The number of halogens is 2. The van der Waals surface area contributed by atoms with Crippen LogP contribution in [0.4, 0.5) is 0 Å². The van der Waals surface area contributed by atoms with Crippen molar-refractivity contribution in [2.45, 2.75) is 0 Å². The van der Waals surface area contributed by atoms with E-state index in [-0.39, 0.29) is 0 Å². The van der Waals surface area contributed by atoms with E-state index in [1.807, 2.05) is 25.3 Å². The molecule has 0 saturated heterocycles. The number of aliphatic imine (C=N–C) groups is 1. The predicted molar refractivity (Wildman–Crippen MR) is 87.2 cm³/mol. The van der Waals surface area contributed by atoms with Gasteiger partial charge in [0, 0.05) is 19.7 Å². The van der Waals surface area contributed by atoms with Crippen LogP contribution in [-0.2, 0) is 0 Å². The van der Waals surface area contributed by atoms with E-state index in [1.165, 1.54) is 18.0 Å². The Hall–Kier alpha value is -1.04. The first-order valence-electron chi connectivity index (χ1n) is 5.34. The molecule has 0 aliphatic rings. The third-order valence-electron chi connectivity index (χ3n) is 1.91. The Labute approximate surface area is 127 Å². The fourth-order valence-corrected chi connectivity index (χ4v) is 1.83. The highest BCUT2D eigenvalue weighted by molar-refractivity contribution is 8.13. The summed E-state index contributed by atoms with van der Waals surface area (Å²) < 4.78 is 0. The molecule has 4 nitrogen and oxygen atoms in total. The van der Waals surface area contributed by atoms with Crippen molar-refractivity contribution in [2.75, 3.05) is 20.4 Å². The van der Waals surface area contributed by atoms with Crippen molar-refractivity contribution in [3.05, 3.63) is 33.8 Å². The molecule has 0 heterocycles. The van der Waals surface area contributed by atoms with Crippen LogP contribution < -0.4 is 0 Å². The molecule has 0 saturated carbocycles. The van der Waals surface area contributed by atoms with Gasteiger partial charge in [-0.3, -0.25) is 0 Å². The minimum absolute atomic E-state index is 0.536. The number of hydrogen-bond donors (Lipinski definition) is 0. The van der Waals surface area contributed by atoms with Gasteiger partial charge >= 0.3 is 0 Å². The van der Waals surface area contributed by atoms with Crippen LogP contribution in [0.5, 0.6) is 0 Å². The molecule has 0 unspecified atom stereocenters. The summed E-state index contributed by atoms with van der Waals surface area (Å²) in [6, 6.07) is 5.27. The fraction of sp³-hybridized carbons (Fsp3) is 0.250. The first-order chi connectivity index (χ1) is 9.04. The van der Waals surface area contributed by atoms with Gasteiger partial charge in [-0.2, -0.15) is 5.10 Å². The SMILES string of the molecule is CS/C(N=CN(C)C)=N\N=C/c1c(Cl)cccc1Cl. The molecule has 0 radical (unpaired) electrons. The maximum atomic E-state index is 6.02. The van der Waals surface area contributed by atoms with E-state index in [1.54, 1.807) is 24.5 Å². The first-order valence-corrected chi connectivity index (χ1v) is 7.32. The zero-order valence-electron chi connectivity index (χ0n) is 10.8. The highest BCUT2D eigenvalue weighted by Crippen LogP contribution is 2.22. The number of thioether (sulfide) groups is 1. The van der Waals surface area contributed by atoms with Gasteiger partial charge in [0.25, 0.3) is 0 Å². The first kappa shape index (κ1) is 16.0. The molecule has 0 aliphatic carbocycles. The summed E-state index contributed by atoms with van der Waals surface area (Å²) in [5.41, 5.74) is 0.645. The van der Waals surface area contributed by atoms with Crippen molar-refractivity contribution < 1.29 is 0 Å². The number of benzene rings is 1. The lowest BCUT2D eigenvalue weighted by atomic mass is 10.2. The molecule has 102 valence electrons. The van der Waals surface area contributed by atoms with Crippen LogP contribution in [0.1, 0.15) is 5.56 Å². The van der Waals surface area contributed by atoms with Gasteiger partial charge in [-0.05, 0) is 18.4 Å². The van der Waals surface area contributed by atoms with Crippen molar-refractivity contribution in [3.63, 3.8) is 0 Å². The molecule has 1 aromatic rings. The second kappa shape index (κ2) is 8.19. The Balaban J connectivity index is 2.86. The monoisotopic (exact) mass is 316 g/mol. The number of amidine groups is 1. The molecular formula is C12H14Cl2N4S. The van der Waals surface area contributed by atoms with Crippen molar-refractivity contribution in [3.8, 4) is 0 Å². The highest BCUT2D eigenvalue weighted by Gasteiger charge is 2.01. The summed E-state index contributed by atoms with van der Waals surface area (Å²) in [5, 5.41) is 9.57. The van der Waals surface area contributed by atoms with E-state index in [0.29, 0.717) is 20.8 Å². The van der Waals surface area contributed by atoms with Crippen molar-refractivity contribution >= 4 is 52.7 Å². The summed E-state index contributed by atoms with van der Waals surface area (Å²) >= 11 is 13.4. The Morgan fingerprint density at radius 3 is 2.42 bits per heavy atom. The molecule has 0 spiro atoms. The van der Waals surface area contributed by atoms with Crippen LogP contribution in [0.15, 0.2) is 33.4 Å². The quantitative estimate of drug-likeness (QED) is 0.485. The van der Waals surface area contributed by atoms with Crippen molar-refractivity contribution in [2.24, 2.45) is 15.2 Å². The van der Waals surface area contributed by atoms with E-state index in [9.17, 15) is 0 Å². The lowest BCUT2D eigenvalue weighted by Gasteiger charge is -2.01.